The molecule has 0 spiro atoms. The number of nitrogens with zero attached hydrogens (tertiary/aromatic N) is 2. The molecule has 0 atom stereocenters. The van der Waals surface area contributed by atoms with Gasteiger partial charge >= 0.3 is 0 Å². The van der Waals surface area contributed by atoms with Crippen LogP contribution in [-0.4, -0.2) is 21.8 Å². The molecule has 1 amide bonds. The van der Waals surface area contributed by atoms with E-state index in [2.05, 4.69) is 15.3 Å². The second-order valence-electron chi connectivity index (χ2n) is 2.77. The highest BCUT2D eigenvalue weighted by Crippen LogP contribution is 2.00. The van der Waals surface area contributed by atoms with Crippen molar-refractivity contribution in [2.45, 2.75) is 19.3 Å². The van der Waals surface area contributed by atoms with Crippen molar-refractivity contribution < 1.29 is 4.79 Å². The number of hydrogen-bond donors (Lipinski definition) is 1. The molecular formula is C9H12ClN3O. The van der Waals surface area contributed by atoms with Crippen LogP contribution in [0.4, 0.5) is 5.95 Å². The molecule has 0 bridgehead atoms. The number of halogens is 1. The maximum absolute atomic E-state index is 11.3. The van der Waals surface area contributed by atoms with E-state index in [1.807, 2.05) is 0 Å². The van der Waals surface area contributed by atoms with E-state index in [-0.39, 0.29) is 5.91 Å². The minimum absolute atomic E-state index is 0.0682. The van der Waals surface area contributed by atoms with Crippen molar-refractivity contribution in [2.75, 3.05) is 11.2 Å². The van der Waals surface area contributed by atoms with E-state index in [0.29, 0.717) is 18.2 Å². The first-order valence-corrected chi connectivity index (χ1v) is 4.99. The lowest BCUT2D eigenvalue weighted by Crippen LogP contribution is -2.13. The predicted molar refractivity (Wildman–Crippen MR) is 55.2 cm³/mol. The van der Waals surface area contributed by atoms with Gasteiger partial charge in [0.05, 0.1) is 0 Å². The molecule has 4 nitrogen and oxygen atoms in total. The van der Waals surface area contributed by atoms with Crippen LogP contribution in [0.25, 0.3) is 0 Å². The van der Waals surface area contributed by atoms with Gasteiger partial charge in [0.15, 0.2) is 0 Å². The first-order chi connectivity index (χ1) is 6.83. The van der Waals surface area contributed by atoms with Crippen LogP contribution in [0.1, 0.15) is 19.3 Å². The summed E-state index contributed by atoms with van der Waals surface area (Å²) >= 11 is 5.49. The molecule has 0 aliphatic rings. The van der Waals surface area contributed by atoms with Crippen LogP contribution in [0.15, 0.2) is 18.5 Å². The van der Waals surface area contributed by atoms with Gasteiger partial charge in [0.25, 0.3) is 0 Å². The molecule has 1 rings (SSSR count). The topological polar surface area (TPSA) is 54.9 Å². The minimum atomic E-state index is -0.0682. The molecule has 1 heterocycles. The fraction of sp³-hybridized carbons (Fsp3) is 0.444. The molecule has 0 saturated carbocycles. The van der Waals surface area contributed by atoms with Crippen LogP contribution in [0.2, 0.25) is 0 Å². The second kappa shape index (κ2) is 6.32. The van der Waals surface area contributed by atoms with Gasteiger partial charge in [0.1, 0.15) is 0 Å². The van der Waals surface area contributed by atoms with Crippen LogP contribution >= 0.6 is 11.6 Å². The number of aromatic nitrogens is 2. The molecule has 0 aliphatic carbocycles. The Labute approximate surface area is 87.7 Å². The van der Waals surface area contributed by atoms with Crippen molar-refractivity contribution in [3.05, 3.63) is 18.5 Å². The quantitative estimate of drug-likeness (QED) is 0.600. The van der Waals surface area contributed by atoms with Crippen LogP contribution in [0.3, 0.4) is 0 Å². The lowest BCUT2D eigenvalue weighted by Gasteiger charge is -2.01. The summed E-state index contributed by atoms with van der Waals surface area (Å²) in [6.07, 6.45) is 5.28. The molecule has 0 fully saturated rings. The van der Waals surface area contributed by atoms with Crippen LogP contribution in [0.5, 0.6) is 0 Å². The molecule has 0 aromatic carbocycles. The summed E-state index contributed by atoms with van der Waals surface area (Å²) in [5, 5.41) is 2.60. The number of nitrogens with one attached hydrogen (secondary N) is 1. The molecule has 0 radical (unpaired) electrons. The van der Waals surface area contributed by atoms with E-state index in [9.17, 15) is 4.79 Å². The molecule has 1 aromatic heterocycles. The Balaban J connectivity index is 2.27. The predicted octanol–water partition coefficient (Wildman–Crippen LogP) is 1.82. The highest BCUT2D eigenvalue weighted by molar-refractivity contribution is 6.17. The van der Waals surface area contributed by atoms with Gasteiger partial charge in [-0.1, -0.05) is 0 Å². The maximum atomic E-state index is 11.3. The molecule has 14 heavy (non-hydrogen) atoms. The van der Waals surface area contributed by atoms with Gasteiger partial charge in [0, 0.05) is 24.7 Å². The standard InChI is InChI=1S/C9H12ClN3O/c10-5-2-1-4-8(14)13-9-11-6-3-7-12-9/h3,6-7H,1-2,4-5H2,(H,11,12,13,14). The average molecular weight is 214 g/mol. The summed E-state index contributed by atoms with van der Waals surface area (Å²) in [6.45, 7) is 0. The summed E-state index contributed by atoms with van der Waals surface area (Å²) in [5.74, 6) is 0.874. The summed E-state index contributed by atoms with van der Waals surface area (Å²) in [5.41, 5.74) is 0. The Morgan fingerprint density at radius 1 is 1.36 bits per heavy atom. The van der Waals surface area contributed by atoms with Gasteiger partial charge in [0.2, 0.25) is 11.9 Å². The first kappa shape index (κ1) is 10.9. The van der Waals surface area contributed by atoms with E-state index in [1.54, 1.807) is 18.5 Å². The Kier molecular flexibility index (Phi) is 4.93. The average Bonchev–Trinajstić information content (AvgIpc) is 2.20. The molecule has 1 aromatic rings. The molecule has 5 heteroatoms. The molecule has 0 unspecified atom stereocenters. The molecule has 0 saturated heterocycles. The number of carbonyl (C=O) groups is 1. The fourth-order valence-electron chi connectivity index (χ4n) is 0.931. The smallest absolute Gasteiger partial charge is 0.229 e. The third kappa shape index (κ3) is 4.18. The molecular weight excluding hydrogens is 202 g/mol. The number of hydrogen-bond acceptors (Lipinski definition) is 3. The Morgan fingerprint density at radius 2 is 2.07 bits per heavy atom. The van der Waals surface area contributed by atoms with Crippen molar-refractivity contribution in [1.82, 2.24) is 9.97 Å². The largest absolute Gasteiger partial charge is 0.295 e. The lowest BCUT2D eigenvalue weighted by atomic mass is 10.2. The van der Waals surface area contributed by atoms with Crippen molar-refractivity contribution in [2.24, 2.45) is 0 Å². The zero-order valence-corrected chi connectivity index (χ0v) is 8.50. The van der Waals surface area contributed by atoms with Crippen LogP contribution in [0, 0.1) is 0 Å². The number of unbranched alkanes of at least 4 members (excludes halogenated alkanes) is 1. The van der Waals surface area contributed by atoms with Crippen molar-refractivity contribution in [1.29, 1.82) is 0 Å². The molecule has 1 N–H and O–H groups in total. The number of amides is 1. The third-order valence-corrected chi connectivity index (χ3v) is 1.87. The van der Waals surface area contributed by atoms with E-state index >= 15 is 0 Å². The summed E-state index contributed by atoms with van der Waals surface area (Å²) < 4.78 is 0. The second-order valence-corrected chi connectivity index (χ2v) is 3.14. The van der Waals surface area contributed by atoms with Crippen LogP contribution < -0.4 is 5.32 Å². The van der Waals surface area contributed by atoms with Crippen molar-refractivity contribution in [3.63, 3.8) is 0 Å². The molecule has 76 valence electrons. The number of carbonyl (C=O) groups excluding carboxylic acids is 1. The van der Waals surface area contributed by atoms with Crippen LogP contribution in [-0.2, 0) is 4.79 Å². The monoisotopic (exact) mass is 213 g/mol. The van der Waals surface area contributed by atoms with E-state index in [4.69, 9.17) is 11.6 Å². The normalized spacial score (nSPS) is 9.79. The number of alkyl halides is 1. The maximum Gasteiger partial charge on any atom is 0.229 e. The first-order valence-electron chi connectivity index (χ1n) is 4.46. The van der Waals surface area contributed by atoms with Gasteiger partial charge in [-0.05, 0) is 18.9 Å². The SMILES string of the molecule is O=C(CCCCCl)Nc1ncccn1. The Hall–Kier alpha value is -1.16. The number of rotatable bonds is 5. The Morgan fingerprint density at radius 3 is 2.71 bits per heavy atom. The lowest BCUT2D eigenvalue weighted by molar-refractivity contribution is -0.116. The zero-order chi connectivity index (χ0) is 10.2. The van der Waals surface area contributed by atoms with E-state index < -0.39 is 0 Å². The highest BCUT2D eigenvalue weighted by atomic mass is 35.5. The fourth-order valence-corrected chi connectivity index (χ4v) is 1.12. The summed E-state index contributed by atoms with van der Waals surface area (Å²) in [7, 11) is 0. The summed E-state index contributed by atoms with van der Waals surface area (Å²) in [4.78, 5) is 19.0. The van der Waals surface area contributed by atoms with Crippen molar-refractivity contribution in [3.8, 4) is 0 Å². The third-order valence-electron chi connectivity index (χ3n) is 1.60. The van der Waals surface area contributed by atoms with E-state index in [0.717, 1.165) is 12.8 Å². The summed E-state index contributed by atoms with van der Waals surface area (Å²) in [6, 6.07) is 1.70. The highest BCUT2D eigenvalue weighted by Gasteiger charge is 2.02. The van der Waals surface area contributed by atoms with E-state index in [1.165, 1.54) is 0 Å². The van der Waals surface area contributed by atoms with Gasteiger partial charge < -0.3 is 0 Å². The van der Waals surface area contributed by atoms with Gasteiger partial charge in [-0.3, -0.25) is 10.1 Å². The Bertz CT molecular complexity index is 279. The van der Waals surface area contributed by atoms with Gasteiger partial charge in [-0.25, -0.2) is 9.97 Å². The molecule has 0 aliphatic heterocycles. The van der Waals surface area contributed by atoms with Crippen molar-refractivity contribution >= 4 is 23.5 Å². The van der Waals surface area contributed by atoms with Gasteiger partial charge in [-0.2, -0.15) is 0 Å². The van der Waals surface area contributed by atoms with Gasteiger partial charge in [-0.15, -0.1) is 11.6 Å². The minimum Gasteiger partial charge on any atom is -0.295 e. The zero-order valence-electron chi connectivity index (χ0n) is 7.74. The number of anilines is 1.